The molecule has 2 aliphatic rings. The van der Waals surface area contributed by atoms with Gasteiger partial charge in [-0.2, -0.15) is 0 Å². The number of hydrogen-bond donors (Lipinski definition) is 2. The van der Waals surface area contributed by atoms with Gasteiger partial charge in [-0.15, -0.1) is 0 Å². The van der Waals surface area contributed by atoms with Crippen LogP contribution in [0.4, 0.5) is 0 Å². The standard InChI is InChI=1S/C16H31N3O2/c1-16(15(17)20,18-14-4-5-14)8-3-9-19(2)12-13-6-10-21-11-7-13/h13-14,18H,3-12H2,1-2H3,(H2,17,20). The molecule has 1 aliphatic heterocycles. The monoisotopic (exact) mass is 297 g/mol. The molecule has 1 atom stereocenters. The van der Waals surface area contributed by atoms with Gasteiger partial charge in [0.25, 0.3) is 0 Å². The number of hydrogen-bond acceptors (Lipinski definition) is 4. The van der Waals surface area contributed by atoms with Gasteiger partial charge in [0.2, 0.25) is 5.91 Å². The molecule has 1 heterocycles. The summed E-state index contributed by atoms with van der Waals surface area (Å²) in [6.07, 6.45) is 6.51. The lowest BCUT2D eigenvalue weighted by atomic mass is 9.94. The first-order valence-corrected chi connectivity index (χ1v) is 8.33. The average Bonchev–Trinajstić information content (AvgIpc) is 3.23. The lowest BCUT2D eigenvalue weighted by Crippen LogP contribution is -2.54. The summed E-state index contributed by atoms with van der Waals surface area (Å²) >= 11 is 0. The number of carbonyl (C=O) groups excluding carboxylic acids is 1. The van der Waals surface area contributed by atoms with Crippen molar-refractivity contribution in [3.63, 3.8) is 0 Å². The van der Waals surface area contributed by atoms with Crippen molar-refractivity contribution in [3.05, 3.63) is 0 Å². The Morgan fingerprint density at radius 1 is 1.33 bits per heavy atom. The van der Waals surface area contributed by atoms with E-state index in [4.69, 9.17) is 10.5 Å². The van der Waals surface area contributed by atoms with Gasteiger partial charge in [-0.25, -0.2) is 0 Å². The Kier molecular flexibility index (Phi) is 6.02. The maximum Gasteiger partial charge on any atom is 0.237 e. The van der Waals surface area contributed by atoms with Crippen molar-refractivity contribution in [2.75, 3.05) is 33.4 Å². The van der Waals surface area contributed by atoms with E-state index in [0.717, 1.165) is 45.1 Å². The van der Waals surface area contributed by atoms with Gasteiger partial charge in [-0.3, -0.25) is 4.79 Å². The van der Waals surface area contributed by atoms with E-state index in [0.29, 0.717) is 6.04 Å². The molecule has 1 aliphatic carbocycles. The molecular formula is C16H31N3O2. The summed E-state index contributed by atoms with van der Waals surface area (Å²) < 4.78 is 5.40. The summed E-state index contributed by atoms with van der Waals surface area (Å²) in [5.74, 6) is 0.539. The number of nitrogens with two attached hydrogens (primary N) is 1. The number of amides is 1. The second-order valence-corrected chi connectivity index (χ2v) is 7.04. The van der Waals surface area contributed by atoms with Crippen LogP contribution in [0.1, 0.15) is 45.4 Å². The number of nitrogens with one attached hydrogen (secondary N) is 1. The van der Waals surface area contributed by atoms with Crippen molar-refractivity contribution in [3.8, 4) is 0 Å². The van der Waals surface area contributed by atoms with Crippen LogP contribution >= 0.6 is 0 Å². The Bertz CT molecular complexity index is 340. The molecule has 5 heteroatoms. The maximum atomic E-state index is 11.7. The molecule has 21 heavy (non-hydrogen) atoms. The Hall–Kier alpha value is -0.650. The van der Waals surface area contributed by atoms with Crippen molar-refractivity contribution >= 4 is 5.91 Å². The zero-order valence-corrected chi connectivity index (χ0v) is 13.6. The third-order valence-electron chi connectivity index (χ3n) is 4.77. The largest absolute Gasteiger partial charge is 0.381 e. The summed E-state index contributed by atoms with van der Waals surface area (Å²) in [7, 11) is 2.17. The predicted octanol–water partition coefficient (Wildman–Crippen LogP) is 1.12. The van der Waals surface area contributed by atoms with E-state index in [1.54, 1.807) is 0 Å². The number of nitrogens with zero attached hydrogens (tertiary/aromatic N) is 1. The van der Waals surface area contributed by atoms with Crippen LogP contribution in [0.15, 0.2) is 0 Å². The lowest BCUT2D eigenvalue weighted by Gasteiger charge is -2.30. The number of rotatable bonds is 9. The normalized spacial score (nSPS) is 23.2. The van der Waals surface area contributed by atoms with Crippen molar-refractivity contribution in [1.82, 2.24) is 10.2 Å². The third kappa shape index (κ3) is 5.57. The van der Waals surface area contributed by atoms with Crippen LogP contribution in [-0.2, 0) is 9.53 Å². The van der Waals surface area contributed by atoms with Crippen LogP contribution in [0.2, 0.25) is 0 Å². The van der Waals surface area contributed by atoms with E-state index < -0.39 is 5.54 Å². The number of primary amides is 1. The molecule has 0 spiro atoms. The van der Waals surface area contributed by atoms with Crippen molar-refractivity contribution < 1.29 is 9.53 Å². The number of ether oxygens (including phenoxy) is 1. The molecular weight excluding hydrogens is 266 g/mol. The van der Waals surface area contributed by atoms with Crippen LogP contribution in [-0.4, -0.2) is 55.7 Å². The fourth-order valence-electron chi connectivity index (χ4n) is 3.11. The van der Waals surface area contributed by atoms with Crippen LogP contribution < -0.4 is 11.1 Å². The highest BCUT2D eigenvalue weighted by Gasteiger charge is 2.36. The molecule has 2 fully saturated rings. The van der Waals surface area contributed by atoms with Gasteiger partial charge in [0.05, 0.1) is 5.54 Å². The topological polar surface area (TPSA) is 67.6 Å². The molecule has 2 rings (SSSR count). The SMILES string of the molecule is CN(CCCC(C)(NC1CC1)C(N)=O)CC1CCOCC1. The molecule has 1 amide bonds. The van der Waals surface area contributed by atoms with E-state index in [2.05, 4.69) is 17.3 Å². The van der Waals surface area contributed by atoms with Crippen LogP contribution in [0.5, 0.6) is 0 Å². The van der Waals surface area contributed by atoms with Gasteiger partial charge < -0.3 is 20.7 Å². The smallest absolute Gasteiger partial charge is 0.237 e. The fraction of sp³-hybridized carbons (Fsp3) is 0.938. The second-order valence-electron chi connectivity index (χ2n) is 7.04. The first-order valence-electron chi connectivity index (χ1n) is 8.33. The van der Waals surface area contributed by atoms with Gasteiger partial charge in [0, 0.05) is 25.8 Å². The van der Waals surface area contributed by atoms with E-state index in [-0.39, 0.29) is 5.91 Å². The minimum atomic E-state index is -0.541. The molecule has 1 saturated carbocycles. The summed E-state index contributed by atoms with van der Waals surface area (Å²) in [5.41, 5.74) is 5.04. The molecule has 1 unspecified atom stereocenters. The summed E-state index contributed by atoms with van der Waals surface area (Å²) in [5, 5.41) is 3.41. The minimum absolute atomic E-state index is 0.221. The summed E-state index contributed by atoms with van der Waals surface area (Å²) in [6.45, 7) is 5.92. The van der Waals surface area contributed by atoms with Crippen LogP contribution in [0, 0.1) is 5.92 Å². The van der Waals surface area contributed by atoms with Gasteiger partial charge in [0.1, 0.15) is 0 Å². The Labute approximate surface area is 128 Å². The Morgan fingerprint density at radius 3 is 2.57 bits per heavy atom. The Balaban J connectivity index is 1.67. The second kappa shape index (κ2) is 7.56. The molecule has 0 aromatic rings. The first kappa shape index (κ1) is 16.7. The van der Waals surface area contributed by atoms with Gasteiger partial charge >= 0.3 is 0 Å². The van der Waals surface area contributed by atoms with Crippen molar-refractivity contribution in [2.45, 2.75) is 57.0 Å². The molecule has 5 nitrogen and oxygen atoms in total. The minimum Gasteiger partial charge on any atom is -0.381 e. The van der Waals surface area contributed by atoms with Crippen LogP contribution in [0.3, 0.4) is 0 Å². The first-order chi connectivity index (χ1) is 9.99. The highest BCUT2D eigenvalue weighted by atomic mass is 16.5. The van der Waals surface area contributed by atoms with E-state index >= 15 is 0 Å². The summed E-state index contributed by atoms with van der Waals surface area (Å²) in [6, 6.07) is 0.502. The third-order valence-corrected chi connectivity index (χ3v) is 4.77. The molecule has 0 aromatic heterocycles. The molecule has 3 N–H and O–H groups in total. The Morgan fingerprint density at radius 2 is 2.00 bits per heavy atom. The highest BCUT2D eigenvalue weighted by molar-refractivity contribution is 5.84. The molecule has 0 aromatic carbocycles. The van der Waals surface area contributed by atoms with Gasteiger partial charge in [-0.1, -0.05) is 0 Å². The predicted molar refractivity (Wildman–Crippen MR) is 84.0 cm³/mol. The number of carbonyl (C=O) groups is 1. The van der Waals surface area contributed by atoms with Gasteiger partial charge in [0.15, 0.2) is 0 Å². The maximum absolute atomic E-state index is 11.7. The van der Waals surface area contributed by atoms with E-state index in [1.165, 1.54) is 25.7 Å². The van der Waals surface area contributed by atoms with Crippen molar-refractivity contribution in [1.29, 1.82) is 0 Å². The van der Waals surface area contributed by atoms with E-state index in [1.807, 2.05) is 6.92 Å². The zero-order chi connectivity index (χ0) is 15.3. The fourth-order valence-corrected chi connectivity index (χ4v) is 3.11. The van der Waals surface area contributed by atoms with Crippen LogP contribution in [0.25, 0.3) is 0 Å². The quantitative estimate of drug-likeness (QED) is 0.669. The zero-order valence-electron chi connectivity index (χ0n) is 13.6. The van der Waals surface area contributed by atoms with E-state index in [9.17, 15) is 4.79 Å². The lowest BCUT2D eigenvalue weighted by molar-refractivity contribution is -0.124. The van der Waals surface area contributed by atoms with Crippen molar-refractivity contribution in [2.24, 2.45) is 11.7 Å². The molecule has 1 saturated heterocycles. The molecule has 122 valence electrons. The molecule has 0 radical (unpaired) electrons. The average molecular weight is 297 g/mol. The molecule has 0 bridgehead atoms. The summed E-state index contributed by atoms with van der Waals surface area (Å²) in [4.78, 5) is 14.1. The van der Waals surface area contributed by atoms with Gasteiger partial charge in [-0.05, 0) is 65.0 Å². The highest BCUT2D eigenvalue weighted by Crippen LogP contribution is 2.25.